The fraction of sp³-hybridized carbons (Fsp3) is 0.118. The standard InChI is InChI=1S/C17H16N2OS/c1-13(17-11-18-12-21-17)19-15-9-5-6-10-16(15)20-14-7-3-2-4-8-14/h2-13,19H,1H3. The number of thiazole rings is 1. The third-order valence-electron chi connectivity index (χ3n) is 3.11. The molecule has 3 nitrogen and oxygen atoms in total. The van der Waals surface area contributed by atoms with Crippen LogP contribution in [-0.2, 0) is 0 Å². The Hall–Kier alpha value is -2.33. The van der Waals surface area contributed by atoms with Gasteiger partial charge in [-0.25, -0.2) is 0 Å². The Bertz CT molecular complexity index is 683. The highest BCUT2D eigenvalue weighted by Gasteiger charge is 2.10. The maximum atomic E-state index is 5.95. The van der Waals surface area contributed by atoms with Crippen molar-refractivity contribution in [1.29, 1.82) is 0 Å². The predicted molar refractivity (Wildman–Crippen MR) is 87.1 cm³/mol. The summed E-state index contributed by atoms with van der Waals surface area (Å²) in [5.41, 5.74) is 2.82. The lowest BCUT2D eigenvalue weighted by Crippen LogP contribution is -2.05. The third-order valence-corrected chi connectivity index (χ3v) is 4.07. The van der Waals surface area contributed by atoms with Crippen LogP contribution in [0.25, 0.3) is 0 Å². The van der Waals surface area contributed by atoms with Gasteiger partial charge in [0.2, 0.25) is 0 Å². The molecule has 1 atom stereocenters. The monoisotopic (exact) mass is 296 g/mol. The average molecular weight is 296 g/mol. The molecule has 1 unspecified atom stereocenters. The summed E-state index contributed by atoms with van der Waals surface area (Å²) >= 11 is 1.65. The predicted octanol–water partition coefficient (Wildman–Crippen LogP) is 5.11. The first kappa shape index (κ1) is 13.6. The molecule has 0 aliphatic carbocycles. The van der Waals surface area contributed by atoms with Crippen molar-refractivity contribution in [3.63, 3.8) is 0 Å². The maximum Gasteiger partial charge on any atom is 0.150 e. The summed E-state index contributed by atoms with van der Waals surface area (Å²) in [6.45, 7) is 2.12. The summed E-state index contributed by atoms with van der Waals surface area (Å²) < 4.78 is 5.95. The van der Waals surface area contributed by atoms with Gasteiger partial charge in [-0.15, -0.1) is 11.3 Å². The van der Waals surface area contributed by atoms with Gasteiger partial charge in [0.15, 0.2) is 5.75 Å². The summed E-state index contributed by atoms with van der Waals surface area (Å²) in [5.74, 6) is 1.65. The number of rotatable bonds is 5. The Labute approximate surface area is 128 Å². The zero-order chi connectivity index (χ0) is 14.5. The highest BCUT2D eigenvalue weighted by molar-refractivity contribution is 7.09. The van der Waals surface area contributed by atoms with Crippen LogP contribution < -0.4 is 10.1 Å². The molecule has 1 heterocycles. The normalized spacial score (nSPS) is 11.9. The molecule has 1 aromatic heterocycles. The van der Waals surface area contributed by atoms with Crippen molar-refractivity contribution in [2.45, 2.75) is 13.0 Å². The number of nitrogens with one attached hydrogen (secondary N) is 1. The highest BCUT2D eigenvalue weighted by atomic mass is 32.1. The summed E-state index contributed by atoms with van der Waals surface area (Å²) in [7, 11) is 0. The summed E-state index contributed by atoms with van der Waals surface area (Å²) in [6.07, 6.45) is 1.89. The zero-order valence-corrected chi connectivity index (χ0v) is 12.5. The summed E-state index contributed by atoms with van der Waals surface area (Å²) in [5, 5.41) is 3.48. The van der Waals surface area contributed by atoms with Crippen LogP contribution in [0.5, 0.6) is 11.5 Å². The molecule has 3 rings (SSSR count). The van der Waals surface area contributed by atoms with Gasteiger partial charge in [-0.2, -0.15) is 0 Å². The van der Waals surface area contributed by atoms with Gasteiger partial charge in [0.25, 0.3) is 0 Å². The quantitative estimate of drug-likeness (QED) is 0.710. The average Bonchev–Trinajstić information content (AvgIpc) is 3.05. The Balaban J connectivity index is 1.79. The van der Waals surface area contributed by atoms with E-state index in [1.807, 2.05) is 66.3 Å². The molecule has 0 aliphatic heterocycles. The molecular formula is C17H16N2OS. The number of benzene rings is 2. The fourth-order valence-corrected chi connectivity index (χ4v) is 2.66. The Morgan fingerprint density at radius 1 is 1.05 bits per heavy atom. The molecule has 106 valence electrons. The van der Waals surface area contributed by atoms with Crippen LogP contribution in [0.3, 0.4) is 0 Å². The van der Waals surface area contributed by atoms with Gasteiger partial charge >= 0.3 is 0 Å². The van der Waals surface area contributed by atoms with Crippen LogP contribution in [0.15, 0.2) is 66.3 Å². The van der Waals surface area contributed by atoms with Gasteiger partial charge in [0, 0.05) is 11.1 Å². The van der Waals surface area contributed by atoms with E-state index in [1.165, 1.54) is 4.88 Å². The zero-order valence-electron chi connectivity index (χ0n) is 11.7. The lowest BCUT2D eigenvalue weighted by molar-refractivity contribution is 0.484. The first-order valence-corrected chi connectivity index (χ1v) is 7.68. The van der Waals surface area contributed by atoms with Gasteiger partial charge in [-0.1, -0.05) is 30.3 Å². The number of anilines is 1. The number of aromatic nitrogens is 1. The molecule has 0 spiro atoms. The third kappa shape index (κ3) is 3.41. The minimum absolute atomic E-state index is 0.193. The second-order valence-corrected chi connectivity index (χ2v) is 5.60. The van der Waals surface area contributed by atoms with Crippen molar-refractivity contribution < 1.29 is 4.74 Å². The Kier molecular flexibility index (Phi) is 4.17. The van der Waals surface area contributed by atoms with E-state index in [-0.39, 0.29) is 6.04 Å². The van der Waals surface area contributed by atoms with Crippen LogP contribution in [0.2, 0.25) is 0 Å². The van der Waals surface area contributed by atoms with Crippen molar-refractivity contribution >= 4 is 17.0 Å². The molecule has 3 aromatic rings. The van der Waals surface area contributed by atoms with Crippen molar-refractivity contribution in [1.82, 2.24) is 4.98 Å². The van der Waals surface area contributed by atoms with E-state index in [1.54, 1.807) is 11.3 Å². The fourth-order valence-electron chi connectivity index (χ4n) is 2.03. The van der Waals surface area contributed by atoms with Gasteiger partial charge in [0.05, 0.1) is 17.2 Å². The van der Waals surface area contributed by atoms with Crippen LogP contribution in [-0.4, -0.2) is 4.98 Å². The molecule has 0 amide bonds. The molecule has 0 fully saturated rings. The summed E-state index contributed by atoms with van der Waals surface area (Å²) in [4.78, 5) is 5.32. The van der Waals surface area contributed by atoms with E-state index in [4.69, 9.17) is 4.74 Å². The largest absolute Gasteiger partial charge is 0.455 e. The van der Waals surface area contributed by atoms with E-state index in [0.717, 1.165) is 17.2 Å². The van der Waals surface area contributed by atoms with Crippen molar-refractivity contribution in [3.05, 3.63) is 71.2 Å². The topological polar surface area (TPSA) is 34.1 Å². The van der Waals surface area contributed by atoms with Crippen LogP contribution >= 0.6 is 11.3 Å². The lowest BCUT2D eigenvalue weighted by Gasteiger charge is -2.17. The lowest BCUT2D eigenvalue weighted by atomic mass is 10.2. The Morgan fingerprint density at radius 3 is 2.57 bits per heavy atom. The van der Waals surface area contributed by atoms with E-state index < -0.39 is 0 Å². The van der Waals surface area contributed by atoms with Crippen LogP contribution in [0.1, 0.15) is 17.8 Å². The van der Waals surface area contributed by atoms with E-state index >= 15 is 0 Å². The van der Waals surface area contributed by atoms with Gasteiger partial charge in [-0.05, 0) is 31.2 Å². The first-order valence-electron chi connectivity index (χ1n) is 6.80. The van der Waals surface area contributed by atoms with E-state index in [9.17, 15) is 0 Å². The summed E-state index contributed by atoms with van der Waals surface area (Å²) in [6, 6.07) is 18.0. The highest BCUT2D eigenvalue weighted by Crippen LogP contribution is 2.32. The van der Waals surface area contributed by atoms with Crippen molar-refractivity contribution in [3.8, 4) is 11.5 Å². The molecule has 21 heavy (non-hydrogen) atoms. The molecule has 4 heteroatoms. The molecule has 1 N–H and O–H groups in total. The molecule has 0 saturated carbocycles. The molecule has 2 aromatic carbocycles. The number of para-hydroxylation sites is 3. The van der Waals surface area contributed by atoms with Gasteiger partial charge in [0.1, 0.15) is 5.75 Å². The van der Waals surface area contributed by atoms with Crippen molar-refractivity contribution in [2.75, 3.05) is 5.32 Å². The SMILES string of the molecule is CC(Nc1ccccc1Oc1ccccc1)c1cncs1. The minimum Gasteiger partial charge on any atom is -0.455 e. The second-order valence-electron chi connectivity index (χ2n) is 4.68. The minimum atomic E-state index is 0.193. The number of nitrogens with zero attached hydrogens (tertiary/aromatic N) is 1. The number of hydrogen-bond acceptors (Lipinski definition) is 4. The van der Waals surface area contributed by atoms with E-state index in [2.05, 4.69) is 17.2 Å². The van der Waals surface area contributed by atoms with Gasteiger partial charge in [-0.3, -0.25) is 4.98 Å². The molecular weight excluding hydrogens is 280 g/mol. The second kappa shape index (κ2) is 6.41. The molecule has 0 aliphatic rings. The van der Waals surface area contributed by atoms with Crippen LogP contribution in [0.4, 0.5) is 5.69 Å². The van der Waals surface area contributed by atoms with E-state index in [0.29, 0.717) is 0 Å². The van der Waals surface area contributed by atoms with Crippen molar-refractivity contribution in [2.24, 2.45) is 0 Å². The smallest absolute Gasteiger partial charge is 0.150 e. The Morgan fingerprint density at radius 2 is 1.81 bits per heavy atom. The van der Waals surface area contributed by atoms with Gasteiger partial charge < -0.3 is 10.1 Å². The first-order chi connectivity index (χ1) is 10.3. The molecule has 0 saturated heterocycles. The number of ether oxygens (including phenoxy) is 1. The number of hydrogen-bond donors (Lipinski definition) is 1. The van der Waals surface area contributed by atoms with Crippen LogP contribution in [0, 0.1) is 0 Å². The maximum absolute atomic E-state index is 5.95. The molecule has 0 radical (unpaired) electrons. The molecule has 0 bridgehead atoms.